The van der Waals surface area contributed by atoms with Crippen LogP contribution in [0.1, 0.15) is 35.3 Å². The summed E-state index contributed by atoms with van der Waals surface area (Å²) in [6, 6.07) is 26.2. The molecule has 8 nitrogen and oxygen atoms in total. The van der Waals surface area contributed by atoms with E-state index in [0.717, 1.165) is 40.8 Å². The molecule has 4 aromatic carbocycles. The number of carbonyl (C=O) groups excluding carboxylic acids is 1. The standard InChI is InChI=1S/C34H31N5O3/c1-5-38(6-2)26-15-16-31(22(4)17-26)39-36-29-18-21(3)28(20-30(29)37-39)35-33(40)24-13-11-23(12-14-24)27-19-25-9-7-8-10-32(25)42-34(27)41/h7-20H,5-6H2,1-4H3,(H,35,40). The van der Waals surface area contributed by atoms with Gasteiger partial charge in [-0.15, -0.1) is 10.2 Å². The highest BCUT2D eigenvalue weighted by Gasteiger charge is 2.15. The summed E-state index contributed by atoms with van der Waals surface area (Å²) in [5.74, 6) is -0.259. The zero-order valence-corrected chi connectivity index (χ0v) is 24.0. The van der Waals surface area contributed by atoms with Gasteiger partial charge in [-0.1, -0.05) is 30.3 Å². The van der Waals surface area contributed by atoms with Crippen molar-refractivity contribution >= 4 is 39.3 Å². The van der Waals surface area contributed by atoms with Gasteiger partial charge in [0.05, 0.1) is 11.3 Å². The van der Waals surface area contributed by atoms with Crippen LogP contribution >= 0.6 is 0 Å². The van der Waals surface area contributed by atoms with E-state index in [-0.39, 0.29) is 5.91 Å². The molecule has 6 rings (SSSR count). The normalized spacial score (nSPS) is 11.2. The Labute approximate surface area is 243 Å². The molecule has 0 aliphatic heterocycles. The molecule has 42 heavy (non-hydrogen) atoms. The van der Waals surface area contributed by atoms with E-state index in [1.54, 1.807) is 35.1 Å². The number of carbonyl (C=O) groups is 1. The SMILES string of the molecule is CCN(CC)c1ccc(-n2nc3cc(C)c(NC(=O)c4ccc(-c5cc6ccccc6oc5=O)cc4)cc3n2)c(C)c1. The lowest BCUT2D eigenvalue weighted by atomic mass is 10.0. The first kappa shape index (κ1) is 27.0. The van der Waals surface area contributed by atoms with Crippen molar-refractivity contribution in [1.29, 1.82) is 0 Å². The molecule has 0 spiro atoms. The predicted octanol–water partition coefficient (Wildman–Crippen LogP) is 6.91. The van der Waals surface area contributed by atoms with Crippen LogP contribution in [0.3, 0.4) is 0 Å². The fraction of sp³-hybridized carbons (Fsp3) is 0.176. The van der Waals surface area contributed by atoms with Crippen LogP contribution in [0.5, 0.6) is 0 Å². The number of aryl methyl sites for hydroxylation is 2. The molecule has 2 heterocycles. The monoisotopic (exact) mass is 557 g/mol. The maximum Gasteiger partial charge on any atom is 0.344 e. The van der Waals surface area contributed by atoms with Gasteiger partial charge in [0.15, 0.2) is 0 Å². The number of hydrogen-bond donors (Lipinski definition) is 1. The van der Waals surface area contributed by atoms with Crippen LogP contribution in [-0.2, 0) is 0 Å². The van der Waals surface area contributed by atoms with E-state index < -0.39 is 5.63 Å². The topological polar surface area (TPSA) is 93.3 Å². The van der Waals surface area contributed by atoms with Crippen LogP contribution in [0.2, 0.25) is 0 Å². The van der Waals surface area contributed by atoms with Crippen LogP contribution < -0.4 is 15.8 Å². The van der Waals surface area contributed by atoms with Crippen LogP contribution in [-0.4, -0.2) is 34.0 Å². The Balaban J connectivity index is 1.23. The van der Waals surface area contributed by atoms with E-state index in [0.29, 0.717) is 33.5 Å². The van der Waals surface area contributed by atoms with Gasteiger partial charge >= 0.3 is 5.63 Å². The van der Waals surface area contributed by atoms with Gasteiger partial charge in [-0.25, -0.2) is 4.79 Å². The number of nitrogens with one attached hydrogen (secondary N) is 1. The molecule has 8 heteroatoms. The zero-order valence-electron chi connectivity index (χ0n) is 24.0. The lowest BCUT2D eigenvalue weighted by molar-refractivity contribution is 0.102. The highest BCUT2D eigenvalue weighted by Crippen LogP contribution is 2.26. The lowest BCUT2D eigenvalue weighted by Gasteiger charge is -2.22. The van der Waals surface area contributed by atoms with Crippen molar-refractivity contribution in [3.63, 3.8) is 0 Å². The molecule has 6 aromatic rings. The molecule has 0 atom stereocenters. The molecule has 0 saturated carbocycles. The highest BCUT2D eigenvalue weighted by molar-refractivity contribution is 6.05. The summed E-state index contributed by atoms with van der Waals surface area (Å²) < 4.78 is 5.46. The first-order valence-electron chi connectivity index (χ1n) is 14.0. The van der Waals surface area contributed by atoms with E-state index in [9.17, 15) is 9.59 Å². The summed E-state index contributed by atoms with van der Waals surface area (Å²) in [6.45, 7) is 10.2. The summed E-state index contributed by atoms with van der Waals surface area (Å²) in [5.41, 5.74) is 7.84. The van der Waals surface area contributed by atoms with E-state index in [4.69, 9.17) is 14.6 Å². The quantitative estimate of drug-likeness (QED) is 0.215. The molecule has 0 saturated heterocycles. The van der Waals surface area contributed by atoms with Gasteiger partial charge in [-0.05, 0) is 99.0 Å². The number of nitrogens with zero attached hydrogens (tertiary/aromatic N) is 4. The predicted molar refractivity (Wildman–Crippen MR) is 168 cm³/mol. The molecule has 0 radical (unpaired) electrons. The highest BCUT2D eigenvalue weighted by atomic mass is 16.4. The molecule has 210 valence electrons. The number of para-hydroxylation sites is 1. The molecule has 0 bridgehead atoms. The number of aromatic nitrogens is 3. The Bertz CT molecular complexity index is 2000. The summed E-state index contributed by atoms with van der Waals surface area (Å²) >= 11 is 0. The largest absolute Gasteiger partial charge is 0.422 e. The Kier molecular flexibility index (Phi) is 7.04. The molecular formula is C34H31N5O3. The van der Waals surface area contributed by atoms with Gasteiger partial charge in [0.2, 0.25) is 0 Å². The van der Waals surface area contributed by atoms with Gasteiger partial charge < -0.3 is 14.6 Å². The van der Waals surface area contributed by atoms with Gasteiger partial charge in [0.1, 0.15) is 16.6 Å². The van der Waals surface area contributed by atoms with Crippen molar-refractivity contribution in [2.75, 3.05) is 23.3 Å². The average molecular weight is 558 g/mol. The molecular weight excluding hydrogens is 526 g/mol. The van der Waals surface area contributed by atoms with E-state index in [2.05, 4.69) is 43.1 Å². The minimum atomic E-state index is -0.419. The molecule has 0 aliphatic rings. The van der Waals surface area contributed by atoms with Gasteiger partial charge in [0.25, 0.3) is 5.91 Å². The Morgan fingerprint density at radius 2 is 1.57 bits per heavy atom. The minimum Gasteiger partial charge on any atom is -0.422 e. The third kappa shape index (κ3) is 5.03. The van der Waals surface area contributed by atoms with Crippen molar-refractivity contribution in [1.82, 2.24) is 15.0 Å². The first-order valence-corrected chi connectivity index (χ1v) is 14.0. The second kappa shape index (κ2) is 11.0. The van der Waals surface area contributed by atoms with E-state index >= 15 is 0 Å². The van der Waals surface area contributed by atoms with E-state index in [1.807, 2.05) is 49.4 Å². The summed E-state index contributed by atoms with van der Waals surface area (Å²) in [4.78, 5) is 29.7. The van der Waals surface area contributed by atoms with Crippen LogP contribution in [0, 0.1) is 13.8 Å². The molecule has 0 unspecified atom stereocenters. The Morgan fingerprint density at radius 3 is 2.29 bits per heavy atom. The maximum absolute atomic E-state index is 13.2. The number of fused-ring (bicyclic) bond motifs is 2. The molecule has 0 aliphatic carbocycles. The van der Waals surface area contributed by atoms with Crippen LogP contribution in [0.25, 0.3) is 38.8 Å². The summed E-state index contributed by atoms with van der Waals surface area (Å²) in [7, 11) is 0. The number of anilines is 2. The van der Waals surface area contributed by atoms with Gasteiger partial charge in [-0.2, -0.15) is 4.80 Å². The smallest absolute Gasteiger partial charge is 0.344 e. The Morgan fingerprint density at radius 1 is 0.857 bits per heavy atom. The minimum absolute atomic E-state index is 0.259. The van der Waals surface area contributed by atoms with E-state index in [1.165, 1.54) is 5.69 Å². The summed E-state index contributed by atoms with van der Waals surface area (Å²) in [6.07, 6.45) is 0. The van der Waals surface area contributed by atoms with Crippen molar-refractivity contribution < 1.29 is 9.21 Å². The third-order valence-electron chi connectivity index (χ3n) is 7.60. The fourth-order valence-corrected chi connectivity index (χ4v) is 5.22. The van der Waals surface area contributed by atoms with Crippen molar-refractivity contribution in [3.05, 3.63) is 112 Å². The van der Waals surface area contributed by atoms with Crippen molar-refractivity contribution in [2.24, 2.45) is 0 Å². The average Bonchev–Trinajstić information content (AvgIpc) is 3.40. The number of benzene rings is 4. The second-order valence-electron chi connectivity index (χ2n) is 10.3. The number of rotatable bonds is 7. The van der Waals surface area contributed by atoms with Crippen molar-refractivity contribution in [2.45, 2.75) is 27.7 Å². The Hall–Kier alpha value is -5.24. The summed E-state index contributed by atoms with van der Waals surface area (Å²) in [5, 5.41) is 13.3. The maximum atomic E-state index is 13.2. The molecule has 1 N–H and O–H groups in total. The number of amides is 1. The first-order chi connectivity index (χ1) is 20.3. The molecule has 1 amide bonds. The molecule has 2 aromatic heterocycles. The number of hydrogen-bond acceptors (Lipinski definition) is 6. The zero-order chi connectivity index (χ0) is 29.4. The fourth-order valence-electron chi connectivity index (χ4n) is 5.22. The van der Waals surface area contributed by atoms with Crippen molar-refractivity contribution in [3.8, 4) is 16.8 Å². The van der Waals surface area contributed by atoms with Crippen LogP contribution in [0.4, 0.5) is 11.4 Å². The van der Waals surface area contributed by atoms with Crippen LogP contribution in [0.15, 0.2) is 94.1 Å². The lowest BCUT2D eigenvalue weighted by Crippen LogP contribution is -2.21. The molecule has 0 fully saturated rings. The van der Waals surface area contributed by atoms with Gasteiger partial charge in [-0.3, -0.25) is 4.79 Å². The second-order valence-corrected chi connectivity index (χ2v) is 10.3. The van der Waals surface area contributed by atoms with Gasteiger partial charge in [0, 0.05) is 35.4 Å². The third-order valence-corrected chi connectivity index (χ3v) is 7.60.